The second-order valence-electron chi connectivity index (χ2n) is 7.79. The second-order valence-corrected chi connectivity index (χ2v) is 7.79. The van der Waals surface area contributed by atoms with Gasteiger partial charge >= 0.3 is 0 Å². The average molecular weight is 463 g/mol. The van der Waals surface area contributed by atoms with Crippen molar-refractivity contribution in [1.82, 2.24) is 20.8 Å². The van der Waals surface area contributed by atoms with E-state index in [1.54, 1.807) is 0 Å². The van der Waals surface area contributed by atoms with Crippen LogP contribution in [0.3, 0.4) is 0 Å². The lowest BCUT2D eigenvalue weighted by molar-refractivity contribution is 0.216. The Morgan fingerprint density at radius 2 is 2.00 bits per heavy atom. The summed E-state index contributed by atoms with van der Waals surface area (Å²) < 4.78 is 5.27. The summed E-state index contributed by atoms with van der Waals surface area (Å²) in [6.07, 6.45) is 5.62. The SMILES string of the molecule is CCNC(=NCCc1nc(C(C)C)no1)NC1CCC(C)(C)CC1.I. The van der Waals surface area contributed by atoms with Gasteiger partial charge in [-0.3, -0.25) is 4.99 Å². The Kier molecular flexibility index (Phi) is 9.16. The highest BCUT2D eigenvalue weighted by Crippen LogP contribution is 2.34. The van der Waals surface area contributed by atoms with Crippen LogP contribution in [0.25, 0.3) is 0 Å². The van der Waals surface area contributed by atoms with Crippen LogP contribution in [0, 0.1) is 5.41 Å². The Morgan fingerprint density at radius 1 is 1.32 bits per heavy atom. The first-order valence-electron chi connectivity index (χ1n) is 9.27. The molecule has 1 aliphatic carbocycles. The number of rotatable bonds is 6. The minimum atomic E-state index is 0. The van der Waals surface area contributed by atoms with Crippen molar-refractivity contribution in [3.8, 4) is 0 Å². The summed E-state index contributed by atoms with van der Waals surface area (Å²) in [5.41, 5.74) is 0.486. The minimum absolute atomic E-state index is 0. The van der Waals surface area contributed by atoms with Gasteiger partial charge in [0.1, 0.15) is 0 Å². The van der Waals surface area contributed by atoms with Gasteiger partial charge in [0.05, 0.1) is 6.54 Å². The Bertz CT molecular complexity index is 531. The van der Waals surface area contributed by atoms with Crippen LogP contribution in [-0.2, 0) is 6.42 Å². The van der Waals surface area contributed by atoms with Crippen molar-refractivity contribution in [2.75, 3.05) is 13.1 Å². The first kappa shape index (κ1) is 22.2. The predicted octanol–water partition coefficient (Wildman–Crippen LogP) is 3.88. The van der Waals surface area contributed by atoms with E-state index in [-0.39, 0.29) is 24.0 Å². The Morgan fingerprint density at radius 3 is 2.56 bits per heavy atom. The van der Waals surface area contributed by atoms with E-state index in [1.165, 1.54) is 25.7 Å². The van der Waals surface area contributed by atoms with Crippen molar-refractivity contribution in [1.29, 1.82) is 0 Å². The molecule has 0 radical (unpaired) electrons. The molecule has 0 unspecified atom stereocenters. The molecule has 1 aromatic rings. The van der Waals surface area contributed by atoms with Gasteiger partial charge in [-0.05, 0) is 38.0 Å². The number of aromatic nitrogens is 2. The third kappa shape index (κ3) is 7.50. The third-order valence-electron chi connectivity index (χ3n) is 4.62. The lowest BCUT2D eigenvalue weighted by Gasteiger charge is -2.35. The Hall–Kier alpha value is -0.860. The molecule has 7 heteroatoms. The van der Waals surface area contributed by atoms with E-state index in [9.17, 15) is 0 Å². The fraction of sp³-hybridized carbons (Fsp3) is 0.833. The highest BCUT2D eigenvalue weighted by molar-refractivity contribution is 14.0. The van der Waals surface area contributed by atoms with Crippen LogP contribution in [0.1, 0.15) is 77.9 Å². The quantitative estimate of drug-likeness (QED) is 0.381. The van der Waals surface area contributed by atoms with Crippen molar-refractivity contribution in [3.05, 3.63) is 11.7 Å². The molecule has 0 bridgehead atoms. The number of hydrogen-bond acceptors (Lipinski definition) is 4. The molecule has 1 heterocycles. The Balaban J connectivity index is 0.00000312. The van der Waals surface area contributed by atoms with Gasteiger partial charge < -0.3 is 15.2 Å². The van der Waals surface area contributed by atoms with Gasteiger partial charge in [0, 0.05) is 24.9 Å². The van der Waals surface area contributed by atoms with E-state index < -0.39 is 0 Å². The van der Waals surface area contributed by atoms with Crippen LogP contribution < -0.4 is 10.6 Å². The highest BCUT2D eigenvalue weighted by Gasteiger charge is 2.27. The van der Waals surface area contributed by atoms with E-state index in [4.69, 9.17) is 4.52 Å². The van der Waals surface area contributed by atoms with Gasteiger partial charge in [0.15, 0.2) is 11.8 Å². The Labute approximate surface area is 169 Å². The smallest absolute Gasteiger partial charge is 0.228 e. The van der Waals surface area contributed by atoms with Gasteiger partial charge in [0.2, 0.25) is 5.89 Å². The van der Waals surface area contributed by atoms with Gasteiger partial charge in [-0.2, -0.15) is 4.98 Å². The summed E-state index contributed by atoms with van der Waals surface area (Å²) in [7, 11) is 0. The predicted molar refractivity (Wildman–Crippen MR) is 113 cm³/mol. The molecule has 0 atom stereocenters. The standard InChI is InChI=1S/C18H33N5O.HI/c1-6-19-17(21-14-7-10-18(4,5)11-8-14)20-12-9-15-22-16(13(2)3)23-24-15;/h13-14H,6-12H2,1-5H3,(H2,19,20,21);1H. The molecular formula is C18H34IN5O. The fourth-order valence-corrected chi connectivity index (χ4v) is 2.92. The second kappa shape index (κ2) is 10.3. The summed E-state index contributed by atoms with van der Waals surface area (Å²) >= 11 is 0. The molecule has 1 fully saturated rings. The van der Waals surface area contributed by atoms with Crippen LogP contribution in [0.15, 0.2) is 9.52 Å². The lowest BCUT2D eigenvalue weighted by atomic mass is 9.75. The fourth-order valence-electron chi connectivity index (χ4n) is 2.92. The summed E-state index contributed by atoms with van der Waals surface area (Å²) in [5, 5.41) is 10.9. The summed E-state index contributed by atoms with van der Waals surface area (Å²) in [5.74, 6) is 2.62. The maximum atomic E-state index is 5.27. The number of nitrogens with one attached hydrogen (secondary N) is 2. The van der Waals surface area contributed by atoms with Crippen molar-refractivity contribution >= 4 is 29.9 Å². The number of aliphatic imine (C=N–C) groups is 1. The zero-order chi connectivity index (χ0) is 17.6. The van der Waals surface area contributed by atoms with Crippen molar-refractivity contribution in [3.63, 3.8) is 0 Å². The average Bonchev–Trinajstić information content (AvgIpc) is 2.99. The summed E-state index contributed by atoms with van der Waals surface area (Å²) in [4.78, 5) is 9.06. The van der Waals surface area contributed by atoms with Crippen LogP contribution in [0.5, 0.6) is 0 Å². The summed E-state index contributed by atoms with van der Waals surface area (Å²) in [6, 6.07) is 0.520. The molecule has 1 aliphatic rings. The minimum Gasteiger partial charge on any atom is -0.357 e. The van der Waals surface area contributed by atoms with Gasteiger partial charge in [-0.25, -0.2) is 0 Å². The highest BCUT2D eigenvalue weighted by atomic mass is 127. The third-order valence-corrected chi connectivity index (χ3v) is 4.62. The number of nitrogens with zero attached hydrogens (tertiary/aromatic N) is 3. The molecule has 1 aromatic heterocycles. The van der Waals surface area contributed by atoms with Crippen LogP contribution >= 0.6 is 24.0 Å². The zero-order valence-electron chi connectivity index (χ0n) is 16.3. The number of halogens is 1. The van der Waals surface area contributed by atoms with Gasteiger partial charge in [0.25, 0.3) is 0 Å². The normalized spacial score (nSPS) is 18.1. The van der Waals surface area contributed by atoms with Crippen LogP contribution in [-0.4, -0.2) is 35.2 Å². The molecule has 144 valence electrons. The molecule has 0 aromatic carbocycles. The van der Waals surface area contributed by atoms with Crippen LogP contribution in [0.2, 0.25) is 0 Å². The topological polar surface area (TPSA) is 75.3 Å². The molecule has 2 rings (SSSR count). The van der Waals surface area contributed by atoms with Crippen LogP contribution in [0.4, 0.5) is 0 Å². The molecule has 0 aliphatic heterocycles. The largest absolute Gasteiger partial charge is 0.357 e. The van der Waals surface area contributed by atoms with Gasteiger partial charge in [-0.1, -0.05) is 32.9 Å². The molecule has 25 heavy (non-hydrogen) atoms. The van der Waals surface area contributed by atoms with E-state index in [2.05, 4.69) is 60.4 Å². The molecule has 0 spiro atoms. The first-order valence-corrected chi connectivity index (χ1v) is 9.27. The zero-order valence-corrected chi connectivity index (χ0v) is 18.6. The van der Waals surface area contributed by atoms with Gasteiger partial charge in [-0.15, -0.1) is 24.0 Å². The first-order chi connectivity index (χ1) is 11.4. The van der Waals surface area contributed by atoms with Crippen molar-refractivity contribution < 1.29 is 4.52 Å². The lowest BCUT2D eigenvalue weighted by Crippen LogP contribution is -2.45. The molecule has 2 N–H and O–H groups in total. The van der Waals surface area contributed by atoms with Crippen molar-refractivity contribution in [2.45, 2.75) is 78.7 Å². The van der Waals surface area contributed by atoms with Crippen molar-refractivity contribution in [2.24, 2.45) is 10.4 Å². The van der Waals surface area contributed by atoms with E-state index in [1.807, 2.05) is 0 Å². The summed E-state index contributed by atoms with van der Waals surface area (Å²) in [6.45, 7) is 12.4. The molecule has 0 saturated heterocycles. The monoisotopic (exact) mass is 463 g/mol. The number of guanidine groups is 1. The number of hydrogen-bond donors (Lipinski definition) is 2. The van der Waals surface area contributed by atoms with E-state index >= 15 is 0 Å². The molecule has 6 nitrogen and oxygen atoms in total. The maximum Gasteiger partial charge on any atom is 0.228 e. The van der Waals surface area contributed by atoms with E-state index in [0.29, 0.717) is 36.2 Å². The molecular weight excluding hydrogens is 429 g/mol. The maximum absolute atomic E-state index is 5.27. The van der Waals surface area contributed by atoms with E-state index in [0.717, 1.165) is 18.3 Å². The molecule has 0 amide bonds. The molecule has 1 saturated carbocycles.